The van der Waals surface area contributed by atoms with Crippen LogP contribution in [0.25, 0.3) is 0 Å². The van der Waals surface area contributed by atoms with E-state index in [1.165, 1.54) is 11.1 Å². The van der Waals surface area contributed by atoms with Crippen molar-refractivity contribution in [2.75, 3.05) is 6.61 Å². The third-order valence-corrected chi connectivity index (χ3v) is 3.71. The van der Waals surface area contributed by atoms with Crippen molar-refractivity contribution in [2.45, 2.75) is 25.8 Å². The maximum atomic E-state index is 5.85. The first-order valence-electron chi connectivity index (χ1n) is 6.71. The zero-order chi connectivity index (χ0) is 14.4. The minimum absolute atomic E-state index is 0.136. The van der Waals surface area contributed by atoms with Crippen molar-refractivity contribution in [2.24, 2.45) is 5.73 Å². The van der Waals surface area contributed by atoms with Gasteiger partial charge in [-0.05, 0) is 48.7 Å². The van der Waals surface area contributed by atoms with E-state index in [0.717, 1.165) is 23.1 Å². The van der Waals surface area contributed by atoms with Crippen LogP contribution in [0.3, 0.4) is 0 Å². The number of halogens is 1. The zero-order valence-corrected chi connectivity index (χ0v) is 13.1. The Balaban J connectivity index is 1.93. The summed E-state index contributed by atoms with van der Waals surface area (Å²) in [6.07, 6.45) is 5.33. The molecule has 106 valence electrons. The summed E-state index contributed by atoms with van der Waals surface area (Å²) >= 11 is 3.54. The maximum Gasteiger partial charge on any atom is 0.119 e. The zero-order valence-electron chi connectivity index (χ0n) is 11.6. The van der Waals surface area contributed by atoms with E-state index >= 15 is 0 Å². The van der Waals surface area contributed by atoms with Crippen LogP contribution in [0.5, 0.6) is 5.75 Å². The van der Waals surface area contributed by atoms with E-state index in [1.807, 2.05) is 31.3 Å². The van der Waals surface area contributed by atoms with E-state index in [1.54, 1.807) is 6.20 Å². The largest absolute Gasteiger partial charge is 0.493 e. The first-order chi connectivity index (χ1) is 9.65. The summed E-state index contributed by atoms with van der Waals surface area (Å²) in [5.41, 5.74) is 8.21. The first-order valence-corrected chi connectivity index (χ1v) is 7.50. The second kappa shape index (κ2) is 7.41. The monoisotopic (exact) mass is 334 g/mol. The summed E-state index contributed by atoms with van der Waals surface area (Å²) in [7, 11) is 0. The summed E-state index contributed by atoms with van der Waals surface area (Å²) in [6, 6.07) is 10.2. The first kappa shape index (κ1) is 15.0. The van der Waals surface area contributed by atoms with E-state index in [4.69, 9.17) is 10.5 Å². The fourth-order valence-electron chi connectivity index (χ4n) is 1.98. The van der Waals surface area contributed by atoms with Crippen molar-refractivity contribution in [3.8, 4) is 5.75 Å². The van der Waals surface area contributed by atoms with Gasteiger partial charge in [-0.25, -0.2) is 0 Å². The summed E-state index contributed by atoms with van der Waals surface area (Å²) in [5, 5.41) is 0. The van der Waals surface area contributed by atoms with Gasteiger partial charge in [-0.1, -0.05) is 22.0 Å². The normalized spacial score (nSPS) is 12.2. The molecule has 20 heavy (non-hydrogen) atoms. The van der Waals surface area contributed by atoms with Crippen LogP contribution < -0.4 is 10.5 Å². The van der Waals surface area contributed by atoms with E-state index in [2.05, 4.69) is 33.0 Å². The van der Waals surface area contributed by atoms with Crippen LogP contribution in [-0.4, -0.2) is 17.6 Å². The highest BCUT2D eigenvalue weighted by Gasteiger charge is 2.05. The Labute approximate surface area is 128 Å². The van der Waals surface area contributed by atoms with Crippen LogP contribution >= 0.6 is 15.9 Å². The maximum absolute atomic E-state index is 5.85. The van der Waals surface area contributed by atoms with E-state index in [9.17, 15) is 0 Å². The van der Waals surface area contributed by atoms with Gasteiger partial charge in [-0.15, -0.1) is 0 Å². The van der Waals surface area contributed by atoms with Crippen molar-refractivity contribution in [1.82, 2.24) is 4.98 Å². The third-order valence-electron chi connectivity index (χ3n) is 2.94. The number of ether oxygens (including phenoxy) is 1. The topological polar surface area (TPSA) is 48.1 Å². The molecule has 0 amide bonds. The van der Waals surface area contributed by atoms with Gasteiger partial charge >= 0.3 is 0 Å². The van der Waals surface area contributed by atoms with Gasteiger partial charge in [0.05, 0.1) is 6.61 Å². The second-order valence-corrected chi connectivity index (χ2v) is 5.75. The molecule has 3 nitrogen and oxygen atoms in total. The Bertz CT molecular complexity index is 543. The summed E-state index contributed by atoms with van der Waals surface area (Å²) in [6.45, 7) is 2.65. The lowest BCUT2D eigenvalue weighted by Crippen LogP contribution is -2.18. The standard InChI is InChI=1S/C16H19BrN2O/c1-12(18)9-14-10-15(4-5-16(14)17)20-8-6-13-3-2-7-19-11-13/h2-5,7,10-12H,6,8-9,18H2,1H3. The van der Waals surface area contributed by atoms with Crippen LogP contribution in [0.15, 0.2) is 47.2 Å². The molecule has 0 radical (unpaired) electrons. The molecule has 4 heteroatoms. The molecule has 0 saturated carbocycles. The lowest BCUT2D eigenvalue weighted by molar-refractivity contribution is 0.321. The number of benzene rings is 1. The molecule has 2 aromatic rings. The highest BCUT2D eigenvalue weighted by molar-refractivity contribution is 9.10. The molecular weight excluding hydrogens is 316 g/mol. The van der Waals surface area contributed by atoms with Crippen molar-refractivity contribution in [3.05, 3.63) is 58.3 Å². The molecule has 2 N–H and O–H groups in total. The van der Waals surface area contributed by atoms with Crippen molar-refractivity contribution in [1.29, 1.82) is 0 Å². The molecule has 2 rings (SSSR count). The molecular formula is C16H19BrN2O. The third kappa shape index (κ3) is 4.62. The van der Waals surface area contributed by atoms with Gasteiger partial charge < -0.3 is 10.5 Å². The summed E-state index contributed by atoms with van der Waals surface area (Å²) in [5.74, 6) is 0.882. The average Bonchev–Trinajstić information content (AvgIpc) is 2.43. The fourth-order valence-corrected chi connectivity index (χ4v) is 2.39. The van der Waals surface area contributed by atoms with Gasteiger partial charge in [0, 0.05) is 29.3 Å². The Morgan fingerprint density at radius 2 is 2.20 bits per heavy atom. The number of nitrogens with two attached hydrogens (primary N) is 1. The number of hydrogen-bond donors (Lipinski definition) is 1. The minimum Gasteiger partial charge on any atom is -0.493 e. The molecule has 0 aliphatic heterocycles. The predicted molar refractivity (Wildman–Crippen MR) is 84.9 cm³/mol. The summed E-state index contributed by atoms with van der Waals surface area (Å²) < 4.78 is 6.88. The molecule has 0 fully saturated rings. The number of nitrogens with zero attached hydrogens (tertiary/aromatic N) is 1. The Morgan fingerprint density at radius 3 is 2.90 bits per heavy atom. The highest BCUT2D eigenvalue weighted by Crippen LogP contribution is 2.23. The lowest BCUT2D eigenvalue weighted by atomic mass is 10.1. The smallest absolute Gasteiger partial charge is 0.119 e. The molecule has 0 aliphatic rings. The molecule has 0 bridgehead atoms. The average molecular weight is 335 g/mol. The Hall–Kier alpha value is -1.39. The van der Waals surface area contributed by atoms with Crippen LogP contribution in [-0.2, 0) is 12.8 Å². The number of rotatable bonds is 6. The lowest BCUT2D eigenvalue weighted by Gasteiger charge is -2.11. The molecule has 0 spiro atoms. The van der Waals surface area contributed by atoms with Crippen LogP contribution in [0.2, 0.25) is 0 Å². The van der Waals surface area contributed by atoms with Crippen LogP contribution in [0.1, 0.15) is 18.1 Å². The van der Waals surface area contributed by atoms with Gasteiger partial charge in [-0.3, -0.25) is 4.98 Å². The SMILES string of the molecule is CC(N)Cc1cc(OCCc2cccnc2)ccc1Br. The highest BCUT2D eigenvalue weighted by atomic mass is 79.9. The van der Waals surface area contributed by atoms with Crippen molar-refractivity contribution < 1.29 is 4.74 Å². The van der Waals surface area contributed by atoms with Gasteiger partial charge in [0.25, 0.3) is 0 Å². The quantitative estimate of drug-likeness (QED) is 0.881. The van der Waals surface area contributed by atoms with E-state index in [0.29, 0.717) is 6.61 Å². The molecule has 1 aromatic heterocycles. The number of pyridine rings is 1. The van der Waals surface area contributed by atoms with Crippen LogP contribution in [0.4, 0.5) is 0 Å². The number of aromatic nitrogens is 1. The Morgan fingerprint density at radius 1 is 1.35 bits per heavy atom. The Kier molecular flexibility index (Phi) is 5.56. The van der Waals surface area contributed by atoms with Crippen molar-refractivity contribution >= 4 is 15.9 Å². The second-order valence-electron chi connectivity index (χ2n) is 4.89. The van der Waals surface area contributed by atoms with E-state index in [-0.39, 0.29) is 6.04 Å². The predicted octanol–water partition coefficient (Wildman–Crippen LogP) is 3.36. The number of hydrogen-bond acceptors (Lipinski definition) is 3. The molecule has 1 unspecified atom stereocenters. The molecule has 1 heterocycles. The molecule has 1 aromatic carbocycles. The van der Waals surface area contributed by atoms with Crippen molar-refractivity contribution in [3.63, 3.8) is 0 Å². The van der Waals surface area contributed by atoms with Gasteiger partial charge in [0.15, 0.2) is 0 Å². The van der Waals surface area contributed by atoms with Crippen LogP contribution in [0, 0.1) is 0 Å². The molecule has 1 atom stereocenters. The minimum atomic E-state index is 0.136. The molecule has 0 aliphatic carbocycles. The van der Waals surface area contributed by atoms with Gasteiger partial charge in [0.2, 0.25) is 0 Å². The van der Waals surface area contributed by atoms with Gasteiger partial charge in [-0.2, -0.15) is 0 Å². The van der Waals surface area contributed by atoms with Gasteiger partial charge in [0.1, 0.15) is 5.75 Å². The molecule has 0 saturated heterocycles. The van der Waals surface area contributed by atoms with E-state index < -0.39 is 0 Å². The summed E-state index contributed by atoms with van der Waals surface area (Å²) in [4.78, 5) is 4.09. The fraction of sp³-hybridized carbons (Fsp3) is 0.312.